The van der Waals surface area contributed by atoms with Crippen LogP contribution in [0.5, 0.6) is 5.75 Å². The molecule has 3 N–H and O–H groups in total. The second-order valence-electron chi connectivity index (χ2n) is 5.79. The minimum absolute atomic E-state index is 0.154. The highest BCUT2D eigenvalue weighted by Gasteiger charge is 2.22. The van der Waals surface area contributed by atoms with Crippen LogP contribution in [0.1, 0.15) is 26.3 Å². The number of hydrogen-bond donors (Lipinski definition) is 2. The second-order valence-corrected chi connectivity index (χ2v) is 7.67. The summed E-state index contributed by atoms with van der Waals surface area (Å²) < 4.78 is 32.7. The van der Waals surface area contributed by atoms with Gasteiger partial charge in [-0.25, -0.2) is 0 Å². The lowest BCUT2D eigenvalue weighted by atomic mass is 9.86. The molecule has 20 heavy (non-hydrogen) atoms. The quantitative estimate of drug-likeness (QED) is 0.830. The van der Waals surface area contributed by atoms with Crippen LogP contribution in [0.3, 0.4) is 0 Å². The van der Waals surface area contributed by atoms with Crippen molar-refractivity contribution in [2.24, 2.45) is 0 Å². The maximum atomic E-state index is 12.0. The second kappa shape index (κ2) is 5.49. The Morgan fingerprint density at radius 2 is 1.80 bits per heavy atom. The molecule has 1 aromatic carbocycles. The lowest BCUT2D eigenvalue weighted by Gasteiger charge is -2.23. The number of ether oxygens (including phenoxy) is 1. The van der Waals surface area contributed by atoms with Gasteiger partial charge in [0.05, 0.1) is 18.5 Å². The van der Waals surface area contributed by atoms with Crippen molar-refractivity contribution in [3.8, 4) is 5.75 Å². The van der Waals surface area contributed by atoms with Gasteiger partial charge >= 0.3 is 10.2 Å². The van der Waals surface area contributed by atoms with Gasteiger partial charge in [0, 0.05) is 14.1 Å². The molecular formula is C13H23N3O3S. The van der Waals surface area contributed by atoms with E-state index in [9.17, 15) is 8.42 Å². The van der Waals surface area contributed by atoms with Gasteiger partial charge in [-0.15, -0.1) is 0 Å². The Morgan fingerprint density at radius 3 is 2.20 bits per heavy atom. The molecule has 0 atom stereocenters. The third kappa shape index (κ3) is 3.55. The minimum Gasteiger partial charge on any atom is -0.492 e. The number of benzene rings is 1. The van der Waals surface area contributed by atoms with E-state index in [1.54, 1.807) is 12.1 Å². The molecule has 0 amide bonds. The smallest absolute Gasteiger partial charge is 0.301 e. The molecule has 0 aliphatic heterocycles. The van der Waals surface area contributed by atoms with E-state index in [2.05, 4.69) is 4.72 Å². The van der Waals surface area contributed by atoms with E-state index in [-0.39, 0.29) is 5.41 Å². The number of methoxy groups -OCH3 is 1. The van der Waals surface area contributed by atoms with Crippen LogP contribution in [-0.4, -0.2) is 33.9 Å². The van der Waals surface area contributed by atoms with Gasteiger partial charge < -0.3 is 10.5 Å². The number of nitrogens with two attached hydrogens (primary N) is 1. The zero-order chi connectivity index (χ0) is 15.7. The Kier molecular flexibility index (Phi) is 4.55. The van der Waals surface area contributed by atoms with E-state index in [4.69, 9.17) is 10.5 Å². The molecule has 6 nitrogen and oxygen atoms in total. The Balaban J connectivity index is 3.41. The van der Waals surface area contributed by atoms with E-state index in [1.807, 2.05) is 20.8 Å². The normalized spacial score (nSPS) is 12.6. The maximum absolute atomic E-state index is 12.0. The van der Waals surface area contributed by atoms with Crippen LogP contribution in [0.2, 0.25) is 0 Å². The summed E-state index contributed by atoms with van der Waals surface area (Å²) >= 11 is 0. The molecule has 0 bridgehead atoms. The summed E-state index contributed by atoms with van der Waals surface area (Å²) in [7, 11) is 0.740. The van der Waals surface area contributed by atoms with Crippen LogP contribution in [0.25, 0.3) is 0 Å². The number of nitrogen functional groups attached to an aromatic ring is 1. The fourth-order valence-corrected chi connectivity index (χ4v) is 2.23. The molecule has 0 heterocycles. The highest BCUT2D eigenvalue weighted by Crippen LogP contribution is 2.37. The third-order valence-electron chi connectivity index (χ3n) is 2.91. The number of rotatable bonds is 4. The van der Waals surface area contributed by atoms with Crippen molar-refractivity contribution >= 4 is 21.6 Å². The summed E-state index contributed by atoms with van der Waals surface area (Å²) in [6, 6.07) is 3.54. The average Bonchev–Trinajstić information content (AvgIpc) is 2.26. The molecule has 0 radical (unpaired) electrons. The number of nitrogens with zero attached hydrogens (tertiary/aromatic N) is 1. The van der Waals surface area contributed by atoms with E-state index in [0.717, 1.165) is 9.87 Å². The topological polar surface area (TPSA) is 84.7 Å². The zero-order valence-electron chi connectivity index (χ0n) is 12.8. The van der Waals surface area contributed by atoms with Gasteiger partial charge in [0.15, 0.2) is 5.75 Å². The maximum Gasteiger partial charge on any atom is 0.301 e. The molecule has 1 aromatic rings. The molecular weight excluding hydrogens is 278 g/mol. The minimum atomic E-state index is -3.62. The Morgan fingerprint density at radius 1 is 1.25 bits per heavy atom. The molecule has 0 fully saturated rings. The van der Waals surface area contributed by atoms with E-state index >= 15 is 0 Å². The van der Waals surface area contributed by atoms with E-state index in [0.29, 0.717) is 17.1 Å². The van der Waals surface area contributed by atoms with Crippen molar-refractivity contribution < 1.29 is 13.2 Å². The lowest BCUT2D eigenvalue weighted by molar-refractivity contribution is 0.418. The summed E-state index contributed by atoms with van der Waals surface area (Å²) in [4.78, 5) is 0. The molecule has 0 spiro atoms. The third-order valence-corrected chi connectivity index (χ3v) is 4.35. The summed E-state index contributed by atoms with van der Waals surface area (Å²) in [6.45, 7) is 6.08. The first-order valence-corrected chi connectivity index (χ1v) is 7.61. The molecule has 114 valence electrons. The van der Waals surface area contributed by atoms with Crippen LogP contribution < -0.4 is 15.2 Å². The van der Waals surface area contributed by atoms with Crippen LogP contribution in [-0.2, 0) is 15.6 Å². The molecule has 0 unspecified atom stereocenters. The predicted molar refractivity (Wildman–Crippen MR) is 82.3 cm³/mol. The highest BCUT2D eigenvalue weighted by atomic mass is 32.2. The van der Waals surface area contributed by atoms with Gasteiger partial charge in [-0.05, 0) is 23.1 Å². The summed E-state index contributed by atoms with van der Waals surface area (Å²) in [5.41, 5.74) is 7.46. The first-order valence-electron chi connectivity index (χ1n) is 6.17. The molecule has 1 rings (SSSR count). The SMILES string of the molecule is COc1c(N)cc(C(C)(C)C)cc1NS(=O)(=O)N(C)C. The average molecular weight is 301 g/mol. The van der Waals surface area contributed by atoms with Crippen molar-refractivity contribution in [3.63, 3.8) is 0 Å². The van der Waals surface area contributed by atoms with Crippen molar-refractivity contribution in [2.75, 3.05) is 31.7 Å². The molecule has 7 heteroatoms. The van der Waals surface area contributed by atoms with Crippen LogP contribution >= 0.6 is 0 Å². The molecule has 0 saturated heterocycles. The number of anilines is 2. The van der Waals surface area contributed by atoms with Crippen molar-refractivity contribution in [1.82, 2.24) is 4.31 Å². The van der Waals surface area contributed by atoms with Gasteiger partial charge in [-0.1, -0.05) is 20.8 Å². The molecule has 0 aliphatic rings. The zero-order valence-corrected chi connectivity index (χ0v) is 13.6. The van der Waals surface area contributed by atoms with Gasteiger partial charge in [0.25, 0.3) is 0 Å². The fourth-order valence-electron chi connectivity index (χ4n) is 1.62. The fraction of sp³-hybridized carbons (Fsp3) is 0.538. The number of nitrogens with one attached hydrogen (secondary N) is 1. The van der Waals surface area contributed by atoms with Crippen LogP contribution in [0, 0.1) is 0 Å². The van der Waals surface area contributed by atoms with Crippen LogP contribution in [0.15, 0.2) is 12.1 Å². The summed E-state index contributed by atoms with van der Waals surface area (Å²) in [5, 5.41) is 0. The molecule has 0 aromatic heterocycles. The largest absolute Gasteiger partial charge is 0.492 e. The van der Waals surface area contributed by atoms with Crippen molar-refractivity contribution in [2.45, 2.75) is 26.2 Å². The highest BCUT2D eigenvalue weighted by molar-refractivity contribution is 7.90. The van der Waals surface area contributed by atoms with E-state index < -0.39 is 10.2 Å². The van der Waals surface area contributed by atoms with Crippen molar-refractivity contribution in [1.29, 1.82) is 0 Å². The standard InChI is InChI=1S/C13H23N3O3S/c1-13(2,3)9-7-10(14)12(19-6)11(8-9)15-20(17,18)16(4)5/h7-8,15H,14H2,1-6H3. The molecule has 0 saturated carbocycles. The summed E-state index contributed by atoms with van der Waals surface area (Å²) in [5.74, 6) is 0.323. The van der Waals surface area contributed by atoms with E-state index in [1.165, 1.54) is 21.2 Å². The Bertz CT molecular complexity index is 590. The lowest BCUT2D eigenvalue weighted by Crippen LogP contribution is -2.29. The summed E-state index contributed by atoms with van der Waals surface area (Å²) in [6.07, 6.45) is 0. The Hall–Kier alpha value is -1.47. The van der Waals surface area contributed by atoms with Crippen LogP contribution in [0.4, 0.5) is 11.4 Å². The van der Waals surface area contributed by atoms with Gasteiger partial charge in [-0.2, -0.15) is 12.7 Å². The van der Waals surface area contributed by atoms with Crippen molar-refractivity contribution in [3.05, 3.63) is 17.7 Å². The Labute approximate surface area is 121 Å². The monoisotopic (exact) mass is 301 g/mol. The first kappa shape index (κ1) is 16.6. The van der Waals surface area contributed by atoms with Gasteiger partial charge in [0.2, 0.25) is 0 Å². The first-order chi connectivity index (χ1) is 8.99. The predicted octanol–water partition coefficient (Wildman–Crippen LogP) is 1.79. The molecule has 0 aliphatic carbocycles. The van der Waals surface area contributed by atoms with Gasteiger partial charge in [0.1, 0.15) is 0 Å². The number of hydrogen-bond acceptors (Lipinski definition) is 4. The van der Waals surface area contributed by atoms with Gasteiger partial charge in [-0.3, -0.25) is 4.72 Å².